The van der Waals surface area contributed by atoms with Crippen LogP contribution in [0.3, 0.4) is 0 Å². The average molecular weight is 477 g/mol. The van der Waals surface area contributed by atoms with Crippen LogP contribution in [0.2, 0.25) is 0 Å². The van der Waals surface area contributed by atoms with E-state index in [-0.39, 0.29) is 25.4 Å². The van der Waals surface area contributed by atoms with E-state index in [9.17, 15) is 14.7 Å². The Labute approximate surface area is 201 Å². The monoisotopic (exact) mass is 476 g/mol. The highest BCUT2D eigenvalue weighted by molar-refractivity contribution is 7.22. The minimum atomic E-state index is -1.20. The van der Waals surface area contributed by atoms with E-state index < -0.39 is 12.1 Å². The first-order valence-corrected chi connectivity index (χ1v) is 11.5. The quantitative estimate of drug-likeness (QED) is 0.221. The van der Waals surface area contributed by atoms with E-state index in [1.807, 2.05) is 60.7 Å². The summed E-state index contributed by atoms with van der Waals surface area (Å²) < 4.78 is 11.2. The maximum atomic E-state index is 12.5. The van der Waals surface area contributed by atoms with Gasteiger partial charge in [0, 0.05) is 24.8 Å². The van der Waals surface area contributed by atoms with Crippen molar-refractivity contribution in [1.29, 1.82) is 0 Å². The standard InChI is InChI=1S/C26H24N2O5S/c1-32-14-15-33-23(25(30)31)16-22(29)19-8-6-17(7-9-19)18-10-12-20(13-11-18)27-26-28-21-4-2-3-5-24(21)34-26/h2-13,23H,14-16H2,1H3,(H,27,28)(H,30,31). The Morgan fingerprint density at radius 2 is 1.65 bits per heavy atom. The molecule has 1 heterocycles. The summed E-state index contributed by atoms with van der Waals surface area (Å²) in [5.41, 5.74) is 4.30. The summed E-state index contributed by atoms with van der Waals surface area (Å²) in [6.45, 7) is 0.380. The van der Waals surface area contributed by atoms with Gasteiger partial charge < -0.3 is 19.9 Å². The Morgan fingerprint density at radius 3 is 2.29 bits per heavy atom. The number of carboxylic acid groups (broad SMARTS) is 1. The molecule has 0 aliphatic heterocycles. The normalized spacial score (nSPS) is 11.9. The maximum Gasteiger partial charge on any atom is 0.333 e. The zero-order valence-electron chi connectivity index (χ0n) is 18.6. The highest BCUT2D eigenvalue weighted by Crippen LogP contribution is 2.29. The SMILES string of the molecule is COCCOC(CC(=O)c1ccc(-c2ccc(Nc3nc4ccccc4s3)cc2)cc1)C(=O)O. The van der Waals surface area contributed by atoms with Crippen molar-refractivity contribution in [3.8, 4) is 11.1 Å². The molecule has 2 N–H and O–H groups in total. The minimum absolute atomic E-state index is 0.115. The molecule has 0 aliphatic rings. The Hall–Kier alpha value is -3.59. The molecule has 0 amide bonds. The smallest absolute Gasteiger partial charge is 0.333 e. The van der Waals surface area contributed by atoms with E-state index >= 15 is 0 Å². The van der Waals surface area contributed by atoms with Crippen molar-refractivity contribution in [3.05, 3.63) is 78.4 Å². The van der Waals surface area contributed by atoms with Crippen LogP contribution in [0.1, 0.15) is 16.8 Å². The van der Waals surface area contributed by atoms with E-state index in [1.54, 1.807) is 23.5 Å². The highest BCUT2D eigenvalue weighted by atomic mass is 32.1. The lowest BCUT2D eigenvalue weighted by Gasteiger charge is -2.13. The molecule has 4 rings (SSSR count). The number of para-hydroxylation sites is 1. The van der Waals surface area contributed by atoms with Crippen LogP contribution in [0.4, 0.5) is 10.8 Å². The van der Waals surface area contributed by atoms with E-state index in [0.717, 1.165) is 32.2 Å². The number of carbonyl (C=O) groups excluding carboxylic acids is 1. The number of rotatable bonds is 11. The largest absolute Gasteiger partial charge is 0.479 e. The summed E-state index contributed by atoms with van der Waals surface area (Å²) in [7, 11) is 1.50. The zero-order chi connectivity index (χ0) is 23.9. The molecular formula is C26H24N2O5S. The van der Waals surface area contributed by atoms with E-state index in [4.69, 9.17) is 9.47 Å². The van der Waals surface area contributed by atoms with Crippen LogP contribution in [0.15, 0.2) is 72.8 Å². The fourth-order valence-electron chi connectivity index (χ4n) is 3.42. The third kappa shape index (κ3) is 5.85. The van der Waals surface area contributed by atoms with Crippen molar-refractivity contribution in [2.75, 3.05) is 25.6 Å². The molecule has 0 saturated heterocycles. The summed E-state index contributed by atoms with van der Waals surface area (Å²) in [5.74, 6) is -1.45. The lowest BCUT2D eigenvalue weighted by atomic mass is 10.00. The van der Waals surface area contributed by atoms with E-state index in [2.05, 4.69) is 10.3 Å². The fourth-order valence-corrected chi connectivity index (χ4v) is 4.31. The topological polar surface area (TPSA) is 97.8 Å². The van der Waals surface area contributed by atoms with Crippen molar-refractivity contribution < 1.29 is 24.2 Å². The lowest BCUT2D eigenvalue weighted by molar-refractivity contribution is -0.150. The predicted molar refractivity (Wildman–Crippen MR) is 133 cm³/mol. The Balaban J connectivity index is 1.39. The number of Topliss-reactive ketones (excluding diaryl/α,β-unsaturated/α-hetero) is 1. The van der Waals surface area contributed by atoms with Crippen molar-refractivity contribution in [2.24, 2.45) is 0 Å². The van der Waals surface area contributed by atoms with Gasteiger partial charge in [-0.05, 0) is 35.4 Å². The van der Waals surface area contributed by atoms with Crippen LogP contribution in [-0.2, 0) is 14.3 Å². The molecule has 34 heavy (non-hydrogen) atoms. The molecule has 8 heteroatoms. The number of ether oxygens (including phenoxy) is 2. The number of hydrogen-bond acceptors (Lipinski definition) is 7. The molecule has 3 aromatic carbocycles. The van der Waals surface area contributed by atoms with Gasteiger partial charge in [0.15, 0.2) is 17.0 Å². The van der Waals surface area contributed by atoms with Gasteiger partial charge in [-0.2, -0.15) is 0 Å². The second kappa shape index (κ2) is 11.0. The van der Waals surface area contributed by atoms with Crippen LogP contribution in [-0.4, -0.2) is 48.3 Å². The number of carboxylic acids is 1. The van der Waals surface area contributed by atoms with Crippen LogP contribution in [0.5, 0.6) is 0 Å². The number of hydrogen-bond donors (Lipinski definition) is 2. The number of thiazole rings is 1. The van der Waals surface area contributed by atoms with E-state index in [1.165, 1.54) is 7.11 Å². The molecule has 4 aromatic rings. The first kappa shape index (κ1) is 23.6. The Morgan fingerprint density at radius 1 is 0.971 bits per heavy atom. The number of methoxy groups -OCH3 is 1. The molecule has 0 spiro atoms. The van der Waals surface area contributed by atoms with Gasteiger partial charge in [0.05, 0.1) is 23.4 Å². The zero-order valence-corrected chi connectivity index (χ0v) is 19.4. The van der Waals surface area contributed by atoms with Crippen molar-refractivity contribution in [3.63, 3.8) is 0 Å². The summed E-state index contributed by atoms with van der Waals surface area (Å²) in [6.07, 6.45) is -1.43. The summed E-state index contributed by atoms with van der Waals surface area (Å²) >= 11 is 1.60. The van der Waals surface area contributed by atoms with Gasteiger partial charge in [-0.1, -0.05) is 59.9 Å². The lowest BCUT2D eigenvalue weighted by Crippen LogP contribution is -2.28. The molecule has 174 valence electrons. The predicted octanol–water partition coefficient (Wildman–Crippen LogP) is 5.40. The molecule has 0 bridgehead atoms. The molecule has 1 atom stereocenters. The molecule has 0 saturated carbocycles. The second-order valence-corrected chi connectivity index (χ2v) is 8.61. The summed E-state index contributed by atoms with van der Waals surface area (Å²) in [6, 6.07) is 23.1. The number of ketones is 1. The first-order chi connectivity index (χ1) is 16.5. The van der Waals surface area contributed by atoms with Gasteiger partial charge in [0.2, 0.25) is 0 Å². The van der Waals surface area contributed by atoms with Crippen molar-refractivity contribution in [1.82, 2.24) is 4.98 Å². The van der Waals surface area contributed by atoms with Crippen LogP contribution < -0.4 is 5.32 Å². The van der Waals surface area contributed by atoms with Crippen molar-refractivity contribution in [2.45, 2.75) is 12.5 Å². The summed E-state index contributed by atoms with van der Waals surface area (Å²) in [4.78, 5) is 28.5. The van der Waals surface area contributed by atoms with Crippen LogP contribution >= 0.6 is 11.3 Å². The van der Waals surface area contributed by atoms with Crippen molar-refractivity contribution >= 4 is 44.1 Å². The van der Waals surface area contributed by atoms with Gasteiger partial charge in [-0.3, -0.25) is 4.79 Å². The first-order valence-electron chi connectivity index (χ1n) is 10.7. The van der Waals surface area contributed by atoms with Crippen LogP contribution in [0.25, 0.3) is 21.3 Å². The number of carbonyl (C=O) groups is 2. The summed E-state index contributed by atoms with van der Waals surface area (Å²) in [5, 5.41) is 13.5. The van der Waals surface area contributed by atoms with Gasteiger partial charge in [-0.15, -0.1) is 0 Å². The minimum Gasteiger partial charge on any atom is -0.479 e. The molecule has 0 aliphatic carbocycles. The maximum absolute atomic E-state index is 12.5. The van der Waals surface area contributed by atoms with Gasteiger partial charge in [0.25, 0.3) is 0 Å². The van der Waals surface area contributed by atoms with Gasteiger partial charge in [-0.25, -0.2) is 9.78 Å². The number of aromatic nitrogens is 1. The number of fused-ring (bicyclic) bond motifs is 1. The molecule has 0 radical (unpaired) electrons. The Kier molecular flexibility index (Phi) is 7.64. The van der Waals surface area contributed by atoms with E-state index in [0.29, 0.717) is 5.56 Å². The van der Waals surface area contributed by atoms with Crippen LogP contribution in [0, 0.1) is 0 Å². The number of nitrogens with zero attached hydrogens (tertiary/aromatic N) is 1. The molecule has 0 fully saturated rings. The molecule has 1 aromatic heterocycles. The average Bonchev–Trinajstić information content (AvgIpc) is 3.26. The Bertz CT molecular complexity index is 1240. The van der Waals surface area contributed by atoms with Gasteiger partial charge in [0.1, 0.15) is 0 Å². The third-order valence-corrected chi connectivity index (χ3v) is 6.17. The molecule has 1 unspecified atom stereocenters. The number of nitrogens with one attached hydrogen (secondary N) is 1. The molecule has 7 nitrogen and oxygen atoms in total. The second-order valence-electron chi connectivity index (χ2n) is 7.58. The fraction of sp³-hybridized carbons (Fsp3) is 0.192. The number of aliphatic carboxylic acids is 1. The third-order valence-electron chi connectivity index (χ3n) is 5.22. The highest BCUT2D eigenvalue weighted by Gasteiger charge is 2.22. The number of anilines is 2. The van der Waals surface area contributed by atoms with Gasteiger partial charge >= 0.3 is 5.97 Å². The number of benzene rings is 3. The molecular weight excluding hydrogens is 452 g/mol.